The van der Waals surface area contributed by atoms with Gasteiger partial charge in [0, 0.05) is 20.6 Å². The summed E-state index contributed by atoms with van der Waals surface area (Å²) in [7, 11) is -4.62. The maximum absolute atomic E-state index is 13.7. The van der Waals surface area contributed by atoms with Crippen LogP contribution in [0.25, 0.3) is 0 Å². The smallest absolute Gasteiger partial charge is 0.242 e. The molecule has 0 spiro atoms. The normalized spacial score (nSPS) is 12.5. The zero-order valence-corrected chi connectivity index (χ0v) is 18.9. The number of nitrogens with two attached hydrogens (primary N) is 1. The van der Waals surface area contributed by atoms with Crippen LogP contribution in [0.1, 0.15) is 5.56 Å². The number of hydrogen-bond acceptors (Lipinski definition) is 6. The van der Waals surface area contributed by atoms with E-state index in [1.165, 1.54) is 44.4 Å². The zero-order chi connectivity index (χ0) is 21.7. The average molecular weight is 479 g/mol. The van der Waals surface area contributed by atoms with Crippen molar-refractivity contribution in [3.8, 4) is 5.75 Å². The highest BCUT2D eigenvalue weighted by Gasteiger charge is 2.22. The van der Waals surface area contributed by atoms with E-state index >= 15 is 0 Å². The average Bonchev–Trinajstić information content (AvgIpc) is 2.66. The number of sulfone groups is 1. The summed E-state index contributed by atoms with van der Waals surface area (Å²) in [5.41, 5.74) is 5.85. The van der Waals surface area contributed by atoms with Crippen LogP contribution >= 0.6 is 12.4 Å². The fraction of sp³-hybridized carbons (Fsp3) is 0.263. The quantitative estimate of drug-likeness (QED) is 0.593. The lowest BCUT2D eigenvalue weighted by Gasteiger charge is -2.13. The van der Waals surface area contributed by atoms with Crippen LogP contribution < -0.4 is 10.5 Å². The molecule has 0 atom stereocenters. The molecule has 0 saturated heterocycles. The van der Waals surface area contributed by atoms with E-state index in [0.29, 0.717) is 5.56 Å². The van der Waals surface area contributed by atoms with Gasteiger partial charge in [0.25, 0.3) is 0 Å². The van der Waals surface area contributed by atoms with E-state index in [1.54, 1.807) is 18.2 Å². The van der Waals surface area contributed by atoms with Gasteiger partial charge in [0.2, 0.25) is 10.0 Å². The molecule has 0 aromatic heterocycles. The van der Waals surface area contributed by atoms with Gasteiger partial charge in [0.05, 0.1) is 4.90 Å². The molecule has 2 aromatic carbocycles. The Morgan fingerprint density at radius 3 is 2.23 bits per heavy atom. The second-order valence-corrected chi connectivity index (χ2v) is 10.4. The number of benzene rings is 2. The highest BCUT2D eigenvalue weighted by Crippen LogP contribution is 2.27. The molecule has 0 saturated carbocycles. The largest absolute Gasteiger partial charge is 0.488 e. The maximum atomic E-state index is 13.7. The molecule has 2 N–H and O–H groups in total. The number of hydrogen-bond donors (Lipinski definition) is 1. The molecule has 0 radical (unpaired) electrons. The Morgan fingerprint density at radius 1 is 1.07 bits per heavy atom. The summed E-state index contributed by atoms with van der Waals surface area (Å²) in [5, 5.41) is 0. The minimum atomic E-state index is -3.96. The van der Waals surface area contributed by atoms with Crippen LogP contribution in [-0.2, 0) is 26.5 Å². The first-order valence-corrected chi connectivity index (χ1v) is 11.7. The highest BCUT2D eigenvalue weighted by atomic mass is 35.5. The summed E-state index contributed by atoms with van der Waals surface area (Å²) in [5.74, 6) is -1.56. The fourth-order valence-corrected chi connectivity index (χ4v) is 4.66. The van der Waals surface area contributed by atoms with Crippen molar-refractivity contribution in [1.82, 2.24) is 4.31 Å². The standard InChI is InChI=1S/C19H23FN2O5S2.ClH/c1-22(2)29(25,26)17-9-7-15(8-10-17)13-27-18-5-3-4-6-19(18)28(23,24)14-16(20)11-12-21;/h3-11H,12-14,21H2,1-2H3;1H/b16-11-;. The maximum Gasteiger partial charge on any atom is 0.242 e. The Morgan fingerprint density at radius 2 is 1.67 bits per heavy atom. The van der Waals surface area contributed by atoms with Gasteiger partial charge in [0.1, 0.15) is 28.8 Å². The minimum absolute atomic E-state index is 0. The molecule has 0 aliphatic heterocycles. The highest BCUT2D eigenvalue weighted by molar-refractivity contribution is 7.91. The van der Waals surface area contributed by atoms with E-state index in [4.69, 9.17) is 10.5 Å². The molecule has 2 rings (SSSR count). The molecule has 0 unspecified atom stereocenters. The third-order valence-electron chi connectivity index (χ3n) is 3.95. The molecule has 0 amide bonds. The molecule has 0 fully saturated rings. The van der Waals surface area contributed by atoms with Crippen molar-refractivity contribution in [3.05, 3.63) is 66.0 Å². The van der Waals surface area contributed by atoms with Crippen molar-refractivity contribution in [1.29, 1.82) is 0 Å². The molecule has 30 heavy (non-hydrogen) atoms. The van der Waals surface area contributed by atoms with E-state index in [1.807, 2.05) is 0 Å². The first-order valence-electron chi connectivity index (χ1n) is 8.58. The topological polar surface area (TPSA) is 107 Å². The first-order chi connectivity index (χ1) is 13.6. The molecule has 7 nitrogen and oxygen atoms in total. The molecule has 11 heteroatoms. The Hall–Kier alpha value is -1.98. The molecular weight excluding hydrogens is 455 g/mol. The van der Waals surface area contributed by atoms with Crippen LogP contribution in [0, 0.1) is 0 Å². The van der Waals surface area contributed by atoms with Crippen molar-refractivity contribution >= 4 is 32.3 Å². The first kappa shape index (κ1) is 26.1. The van der Waals surface area contributed by atoms with Crippen LogP contribution in [0.4, 0.5) is 4.39 Å². The molecular formula is C19H24ClFN2O5S2. The number of halogens is 2. The Balaban J connectivity index is 0.00000450. The van der Waals surface area contributed by atoms with Gasteiger partial charge in [-0.2, -0.15) is 0 Å². The Kier molecular flexibility index (Phi) is 9.44. The number of ether oxygens (including phenoxy) is 1. The molecule has 0 aliphatic carbocycles. The van der Waals surface area contributed by atoms with Gasteiger partial charge in [-0.1, -0.05) is 24.3 Å². The van der Waals surface area contributed by atoms with Crippen molar-refractivity contribution in [2.24, 2.45) is 5.73 Å². The molecule has 166 valence electrons. The third kappa shape index (κ3) is 6.51. The summed E-state index contributed by atoms with van der Waals surface area (Å²) in [6.45, 7) is -0.0883. The lowest BCUT2D eigenvalue weighted by molar-refractivity contribution is 0.298. The van der Waals surface area contributed by atoms with Gasteiger partial charge in [0.15, 0.2) is 9.84 Å². The number of nitrogens with zero attached hydrogens (tertiary/aromatic N) is 1. The summed E-state index contributed by atoms with van der Waals surface area (Å²) >= 11 is 0. The zero-order valence-electron chi connectivity index (χ0n) is 16.5. The van der Waals surface area contributed by atoms with Crippen LogP contribution in [0.2, 0.25) is 0 Å². The van der Waals surface area contributed by atoms with Gasteiger partial charge >= 0.3 is 0 Å². The summed E-state index contributed by atoms with van der Waals surface area (Å²) < 4.78 is 69.6. The Bertz CT molecular complexity index is 1090. The predicted molar refractivity (Wildman–Crippen MR) is 116 cm³/mol. The summed E-state index contributed by atoms with van der Waals surface area (Å²) in [6.07, 6.45) is 1.00. The van der Waals surface area contributed by atoms with Crippen LogP contribution in [0.15, 0.2) is 70.2 Å². The molecule has 2 aromatic rings. The molecule has 0 aliphatic rings. The van der Waals surface area contributed by atoms with Crippen molar-refractivity contribution < 1.29 is 26.0 Å². The Labute approximate surface area is 182 Å². The van der Waals surface area contributed by atoms with Crippen LogP contribution in [0.5, 0.6) is 5.75 Å². The van der Waals surface area contributed by atoms with Gasteiger partial charge in [-0.3, -0.25) is 0 Å². The van der Waals surface area contributed by atoms with E-state index in [2.05, 4.69) is 0 Å². The molecule has 0 heterocycles. The van der Waals surface area contributed by atoms with Crippen molar-refractivity contribution in [2.75, 3.05) is 26.4 Å². The van der Waals surface area contributed by atoms with E-state index in [-0.39, 0.29) is 41.1 Å². The lowest BCUT2D eigenvalue weighted by atomic mass is 10.2. The number of rotatable bonds is 9. The van der Waals surface area contributed by atoms with Crippen molar-refractivity contribution in [2.45, 2.75) is 16.4 Å². The van der Waals surface area contributed by atoms with Gasteiger partial charge in [-0.15, -0.1) is 12.4 Å². The van der Waals surface area contributed by atoms with Crippen LogP contribution in [-0.4, -0.2) is 47.5 Å². The SMILES string of the molecule is CN(C)S(=O)(=O)c1ccc(COc2ccccc2S(=O)(=O)C/C(F)=C/CN)cc1.Cl. The minimum Gasteiger partial charge on any atom is -0.488 e. The monoisotopic (exact) mass is 478 g/mol. The lowest BCUT2D eigenvalue weighted by Crippen LogP contribution is -2.22. The summed E-state index contributed by atoms with van der Waals surface area (Å²) in [6, 6.07) is 12.0. The predicted octanol–water partition coefficient (Wildman–Crippen LogP) is 2.52. The van der Waals surface area contributed by atoms with Gasteiger partial charge in [-0.05, 0) is 35.9 Å². The molecule has 0 bridgehead atoms. The van der Waals surface area contributed by atoms with Gasteiger partial charge < -0.3 is 10.5 Å². The van der Waals surface area contributed by atoms with E-state index < -0.39 is 31.4 Å². The second kappa shape index (κ2) is 10.9. The summed E-state index contributed by atoms with van der Waals surface area (Å²) in [4.78, 5) is 0.00349. The van der Waals surface area contributed by atoms with Gasteiger partial charge in [-0.25, -0.2) is 25.5 Å². The van der Waals surface area contributed by atoms with E-state index in [9.17, 15) is 21.2 Å². The second-order valence-electron chi connectivity index (χ2n) is 6.31. The number of sulfonamides is 1. The van der Waals surface area contributed by atoms with Crippen LogP contribution in [0.3, 0.4) is 0 Å². The fourth-order valence-electron chi connectivity index (χ4n) is 2.40. The van der Waals surface area contributed by atoms with Crippen molar-refractivity contribution in [3.63, 3.8) is 0 Å². The number of para-hydroxylation sites is 1. The third-order valence-corrected chi connectivity index (χ3v) is 7.44. The van der Waals surface area contributed by atoms with E-state index in [0.717, 1.165) is 10.4 Å².